The Kier molecular flexibility index (Phi) is 4.80. The van der Waals surface area contributed by atoms with Gasteiger partial charge in [0.2, 0.25) is 0 Å². The summed E-state index contributed by atoms with van der Waals surface area (Å²) in [5, 5.41) is 9.33. The highest BCUT2D eigenvalue weighted by molar-refractivity contribution is 5.82. The number of rotatable bonds is 5. The Bertz CT molecular complexity index is 1220. The predicted octanol–water partition coefficient (Wildman–Crippen LogP) is 3.02. The third-order valence-corrected chi connectivity index (χ3v) is 5.45. The van der Waals surface area contributed by atoms with E-state index in [2.05, 4.69) is 27.4 Å². The van der Waals surface area contributed by atoms with E-state index in [9.17, 15) is 4.39 Å². The Labute approximate surface area is 173 Å². The van der Waals surface area contributed by atoms with Crippen LogP contribution in [0.2, 0.25) is 0 Å². The predicted molar refractivity (Wildman–Crippen MR) is 113 cm³/mol. The van der Waals surface area contributed by atoms with Gasteiger partial charge in [0, 0.05) is 43.3 Å². The summed E-state index contributed by atoms with van der Waals surface area (Å²) in [7, 11) is 0. The van der Waals surface area contributed by atoms with Crippen molar-refractivity contribution in [3.8, 4) is 17.3 Å². The number of nitrogens with zero attached hydrogens (tertiary/aromatic N) is 5. The van der Waals surface area contributed by atoms with Crippen molar-refractivity contribution in [1.82, 2.24) is 24.5 Å². The van der Waals surface area contributed by atoms with Gasteiger partial charge in [-0.3, -0.25) is 9.30 Å². The zero-order valence-electron chi connectivity index (χ0n) is 16.8. The highest BCUT2D eigenvalue weighted by atomic mass is 19.1. The molecule has 30 heavy (non-hydrogen) atoms. The van der Waals surface area contributed by atoms with Crippen LogP contribution in [0.3, 0.4) is 0 Å². The van der Waals surface area contributed by atoms with Gasteiger partial charge in [0.05, 0.1) is 12.1 Å². The molecule has 1 aromatic carbocycles. The zero-order valence-corrected chi connectivity index (χ0v) is 16.8. The van der Waals surface area contributed by atoms with Crippen LogP contribution >= 0.6 is 0 Å². The molecule has 2 N–H and O–H groups in total. The van der Waals surface area contributed by atoms with Gasteiger partial charge in [-0.1, -0.05) is 12.1 Å². The van der Waals surface area contributed by atoms with E-state index in [1.165, 1.54) is 11.6 Å². The van der Waals surface area contributed by atoms with Crippen LogP contribution in [0.4, 0.5) is 4.39 Å². The lowest BCUT2D eigenvalue weighted by atomic mass is 10.2. The van der Waals surface area contributed by atoms with E-state index in [1.807, 2.05) is 29.5 Å². The van der Waals surface area contributed by atoms with Crippen LogP contribution in [0.25, 0.3) is 28.1 Å². The van der Waals surface area contributed by atoms with E-state index in [1.54, 1.807) is 6.07 Å². The smallest absolute Gasteiger partial charge is 0.187 e. The lowest BCUT2D eigenvalue weighted by molar-refractivity contribution is 0.322. The maximum Gasteiger partial charge on any atom is 0.187 e. The normalized spacial score (nSPS) is 17.2. The highest BCUT2D eigenvalue weighted by Gasteiger charge is 2.19. The fourth-order valence-corrected chi connectivity index (χ4v) is 3.98. The number of aromatic nitrogens is 4. The molecule has 0 aliphatic carbocycles. The van der Waals surface area contributed by atoms with Crippen LogP contribution in [0.5, 0.6) is 5.75 Å². The third kappa shape index (κ3) is 3.48. The largest absolute Gasteiger partial charge is 0.491 e. The van der Waals surface area contributed by atoms with E-state index >= 15 is 0 Å². The van der Waals surface area contributed by atoms with Crippen LogP contribution in [0.15, 0.2) is 42.6 Å². The van der Waals surface area contributed by atoms with Gasteiger partial charge in [0.25, 0.3) is 0 Å². The number of hydrogen-bond acceptors (Lipinski definition) is 6. The summed E-state index contributed by atoms with van der Waals surface area (Å²) >= 11 is 0. The number of ether oxygens (including phenoxy) is 1. The molecular formula is C22H23FN6O. The van der Waals surface area contributed by atoms with Gasteiger partial charge in [-0.25, -0.2) is 9.37 Å². The van der Waals surface area contributed by atoms with Crippen molar-refractivity contribution >= 4 is 16.6 Å². The molecule has 0 bridgehead atoms. The molecule has 1 aliphatic heterocycles. The van der Waals surface area contributed by atoms with Gasteiger partial charge in [-0.15, -0.1) is 10.2 Å². The van der Waals surface area contributed by atoms with Gasteiger partial charge >= 0.3 is 0 Å². The summed E-state index contributed by atoms with van der Waals surface area (Å²) in [5.41, 5.74) is 9.27. The molecule has 5 rings (SSSR count). The molecule has 8 heteroatoms. The summed E-state index contributed by atoms with van der Waals surface area (Å²) in [4.78, 5) is 7.05. The van der Waals surface area contributed by atoms with Crippen molar-refractivity contribution < 1.29 is 9.13 Å². The molecule has 3 aromatic heterocycles. The Morgan fingerprint density at radius 3 is 2.90 bits per heavy atom. The number of hydrogen-bond donors (Lipinski definition) is 1. The lowest BCUT2D eigenvalue weighted by Gasteiger charge is -2.15. The first kappa shape index (κ1) is 18.9. The maximum atomic E-state index is 14.1. The fraction of sp³-hybridized carbons (Fsp3) is 0.318. The third-order valence-electron chi connectivity index (χ3n) is 5.45. The minimum absolute atomic E-state index is 0.201. The number of benzene rings is 1. The Morgan fingerprint density at radius 1 is 1.20 bits per heavy atom. The quantitative estimate of drug-likeness (QED) is 0.549. The number of halogens is 1. The molecule has 1 atom stereocenters. The molecule has 0 saturated carbocycles. The van der Waals surface area contributed by atoms with E-state index in [-0.39, 0.29) is 11.8 Å². The van der Waals surface area contributed by atoms with Gasteiger partial charge < -0.3 is 10.5 Å². The van der Waals surface area contributed by atoms with E-state index < -0.39 is 5.82 Å². The Hall–Kier alpha value is -3.10. The van der Waals surface area contributed by atoms with E-state index in [0.29, 0.717) is 29.0 Å². The average Bonchev–Trinajstić information content (AvgIpc) is 3.34. The molecule has 4 aromatic rings. The molecule has 1 fully saturated rings. The molecule has 1 unspecified atom stereocenters. The minimum atomic E-state index is -0.391. The topological polar surface area (TPSA) is 81.6 Å². The number of fused-ring (bicyclic) bond motifs is 2. The first-order chi connectivity index (χ1) is 14.6. The van der Waals surface area contributed by atoms with Crippen molar-refractivity contribution in [2.45, 2.75) is 25.9 Å². The number of pyridine rings is 2. The standard InChI is InChI=1S/C22H23FN6O/c1-2-30-20-10-19-15(9-17(20)23)4-5-18(25-19)22-27-26-21-6-3-14(12-29(21)22)11-28-8-7-16(24)13-28/h3-6,9-10,12,16H,2,7-8,11,13,24H2,1H3. The summed E-state index contributed by atoms with van der Waals surface area (Å²) in [6.45, 7) is 4.98. The van der Waals surface area contributed by atoms with E-state index in [0.717, 1.165) is 31.7 Å². The van der Waals surface area contributed by atoms with E-state index in [4.69, 9.17) is 15.5 Å². The summed E-state index contributed by atoms with van der Waals surface area (Å²) in [5.74, 6) is 0.458. The fourth-order valence-electron chi connectivity index (χ4n) is 3.98. The minimum Gasteiger partial charge on any atom is -0.491 e. The van der Waals surface area contributed by atoms with Crippen LogP contribution < -0.4 is 10.5 Å². The van der Waals surface area contributed by atoms with Gasteiger partial charge in [0.1, 0.15) is 5.69 Å². The average molecular weight is 406 g/mol. The van der Waals surface area contributed by atoms with Crippen molar-refractivity contribution in [3.63, 3.8) is 0 Å². The summed E-state index contributed by atoms with van der Waals surface area (Å²) in [6.07, 6.45) is 3.09. The van der Waals surface area contributed by atoms with Crippen LogP contribution in [-0.2, 0) is 6.54 Å². The van der Waals surface area contributed by atoms with Crippen molar-refractivity contribution in [1.29, 1.82) is 0 Å². The lowest BCUT2D eigenvalue weighted by Crippen LogP contribution is -2.26. The zero-order chi connectivity index (χ0) is 20.7. The molecule has 0 spiro atoms. The summed E-state index contributed by atoms with van der Waals surface area (Å²) in [6, 6.07) is 11.0. The molecule has 0 amide bonds. The second-order valence-electron chi connectivity index (χ2n) is 7.68. The first-order valence-electron chi connectivity index (χ1n) is 10.2. The van der Waals surface area contributed by atoms with Crippen LogP contribution in [0.1, 0.15) is 18.9 Å². The molecular weight excluding hydrogens is 383 g/mol. The SMILES string of the molecule is CCOc1cc2nc(-c3nnc4ccc(CN5CCC(N)C5)cn34)ccc2cc1F. The number of nitrogens with two attached hydrogens (primary N) is 1. The molecule has 0 radical (unpaired) electrons. The maximum absolute atomic E-state index is 14.1. The van der Waals surface area contributed by atoms with Crippen LogP contribution in [-0.4, -0.2) is 50.2 Å². The molecule has 154 valence electrons. The highest BCUT2D eigenvalue weighted by Crippen LogP contribution is 2.27. The number of likely N-dealkylation sites (tertiary alicyclic amines) is 1. The van der Waals surface area contributed by atoms with Crippen molar-refractivity contribution in [2.24, 2.45) is 5.73 Å². The second-order valence-corrected chi connectivity index (χ2v) is 7.68. The molecule has 1 aliphatic rings. The first-order valence-corrected chi connectivity index (χ1v) is 10.2. The van der Waals surface area contributed by atoms with Gasteiger partial charge in [-0.05, 0) is 37.1 Å². The van der Waals surface area contributed by atoms with Crippen molar-refractivity contribution in [2.75, 3.05) is 19.7 Å². The Morgan fingerprint density at radius 2 is 2.10 bits per heavy atom. The monoisotopic (exact) mass is 406 g/mol. The second kappa shape index (κ2) is 7.62. The Balaban J connectivity index is 1.52. The van der Waals surface area contributed by atoms with Crippen molar-refractivity contribution in [3.05, 3.63) is 54.0 Å². The molecule has 4 heterocycles. The summed E-state index contributed by atoms with van der Waals surface area (Å²) < 4.78 is 21.5. The van der Waals surface area contributed by atoms with Gasteiger partial charge in [0.15, 0.2) is 23.0 Å². The molecule has 1 saturated heterocycles. The molecule has 7 nitrogen and oxygen atoms in total. The van der Waals surface area contributed by atoms with Crippen LogP contribution in [0, 0.1) is 5.82 Å². The van der Waals surface area contributed by atoms with Gasteiger partial charge in [-0.2, -0.15) is 0 Å².